The van der Waals surface area contributed by atoms with Crippen LogP contribution in [0.3, 0.4) is 0 Å². The van der Waals surface area contributed by atoms with Crippen molar-refractivity contribution in [2.75, 3.05) is 46.4 Å². The molecule has 4 rings (SSSR count). The Bertz CT molecular complexity index is 1170. The molecule has 0 aliphatic carbocycles. The fourth-order valence-corrected chi connectivity index (χ4v) is 4.76. The Morgan fingerprint density at radius 2 is 1.72 bits per heavy atom. The van der Waals surface area contributed by atoms with Crippen molar-refractivity contribution in [3.63, 3.8) is 0 Å². The lowest BCUT2D eigenvalue weighted by molar-refractivity contribution is -0.139. The number of amides is 3. The van der Waals surface area contributed by atoms with Gasteiger partial charge in [-0.25, -0.2) is 9.59 Å². The van der Waals surface area contributed by atoms with E-state index in [1.807, 2.05) is 36.1 Å². The average molecular weight is 511 g/mol. The van der Waals surface area contributed by atoms with E-state index in [0.29, 0.717) is 54.6 Å². The van der Waals surface area contributed by atoms with Gasteiger partial charge < -0.3 is 15.0 Å². The minimum absolute atomic E-state index is 0.0356. The molecule has 1 unspecified atom stereocenters. The molecular weight excluding hydrogens is 480 g/mol. The third-order valence-corrected chi connectivity index (χ3v) is 6.95. The number of hydrogen-bond donors (Lipinski definition) is 1. The number of benzene rings is 2. The van der Waals surface area contributed by atoms with E-state index in [0.717, 1.165) is 11.1 Å². The van der Waals surface area contributed by atoms with Crippen molar-refractivity contribution in [1.82, 2.24) is 20.0 Å². The average Bonchev–Trinajstić information content (AvgIpc) is 2.87. The molecule has 0 spiro atoms. The van der Waals surface area contributed by atoms with Crippen molar-refractivity contribution in [2.24, 2.45) is 0 Å². The van der Waals surface area contributed by atoms with E-state index >= 15 is 0 Å². The molecule has 1 N–H and O–H groups in total. The van der Waals surface area contributed by atoms with Crippen LogP contribution in [0.5, 0.6) is 0 Å². The first-order chi connectivity index (χ1) is 17.3. The van der Waals surface area contributed by atoms with E-state index in [1.54, 1.807) is 38.2 Å². The summed E-state index contributed by atoms with van der Waals surface area (Å²) in [6.07, 6.45) is 0. The fourth-order valence-electron chi connectivity index (χ4n) is 4.64. The van der Waals surface area contributed by atoms with Crippen LogP contribution < -0.4 is 5.32 Å². The smallest absolute Gasteiger partial charge is 0.338 e. The van der Waals surface area contributed by atoms with E-state index in [-0.39, 0.29) is 18.5 Å². The van der Waals surface area contributed by atoms with Gasteiger partial charge in [-0.2, -0.15) is 0 Å². The van der Waals surface area contributed by atoms with Crippen LogP contribution in [0.25, 0.3) is 0 Å². The van der Waals surface area contributed by atoms with Gasteiger partial charge in [0.15, 0.2) is 0 Å². The Morgan fingerprint density at radius 3 is 2.36 bits per heavy atom. The van der Waals surface area contributed by atoms with Gasteiger partial charge in [-0.05, 0) is 49.2 Å². The van der Waals surface area contributed by atoms with Gasteiger partial charge in [0.2, 0.25) is 0 Å². The van der Waals surface area contributed by atoms with E-state index < -0.39 is 12.0 Å². The van der Waals surface area contributed by atoms with Crippen molar-refractivity contribution in [2.45, 2.75) is 19.9 Å². The van der Waals surface area contributed by atoms with Crippen molar-refractivity contribution >= 4 is 29.5 Å². The first kappa shape index (κ1) is 25.7. The molecule has 0 bridgehead atoms. The molecule has 2 aromatic carbocycles. The van der Waals surface area contributed by atoms with Crippen LogP contribution in [-0.4, -0.2) is 79.0 Å². The molecule has 8 nitrogen and oxygen atoms in total. The predicted octanol–water partition coefficient (Wildman–Crippen LogP) is 3.62. The third kappa shape index (κ3) is 5.39. The minimum Gasteiger partial charge on any atom is -0.463 e. The van der Waals surface area contributed by atoms with Gasteiger partial charge in [-0.15, -0.1) is 0 Å². The second-order valence-electron chi connectivity index (χ2n) is 8.95. The zero-order valence-corrected chi connectivity index (χ0v) is 21.5. The number of halogens is 1. The Balaban J connectivity index is 1.57. The molecule has 3 amide bonds. The highest BCUT2D eigenvalue weighted by molar-refractivity contribution is 6.30. The summed E-state index contributed by atoms with van der Waals surface area (Å²) in [6.45, 7) is 6.67. The summed E-state index contributed by atoms with van der Waals surface area (Å²) in [4.78, 5) is 44.5. The summed E-state index contributed by atoms with van der Waals surface area (Å²) in [7, 11) is 1.66. The van der Waals surface area contributed by atoms with Gasteiger partial charge in [0.05, 0.1) is 18.2 Å². The molecule has 0 aromatic heterocycles. The highest BCUT2D eigenvalue weighted by atomic mass is 35.5. The van der Waals surface area contributed by atoms with Crippen LogP contribution in [0, 0.1) is 6.92 Å². The van der Waals surface area contributed by atoms with Crippen LogP contribution in [0.15, 0.2) is 59.8 Å². The number of nitrogens with one attached hydrogen (secondary N) is 1. The highest BCUT2D eigenvalue weighted by Crippen LogP contribution is 2.33. The van der Waals surface area contributed by atoms with Crippen molar-refractivity contribution in [1.29, 1.82) is 0 Å². The number of ether oxygens (including phenoxy) is 1. The summed E-state index contributed by atoms with van der Waals surface area (Å²) in [5.41, 5.74) is 3.49. The second kappa shape index (κ2) is 11.1. The summed E-state index contributed by atoms with van der Waals surface area (Å²) in [6, 6.07) is 13.7. The number of nitrogens with zero attached hydrogens (tertiary/aromatic N) is 3. The maximum absolute atomic E-state index is 13.2. The SMILES string of the molecule is CCOC(=O)C1=C(CN2CCN(C(=O)c3ccc(Cl)cc3)CC2)N(C)C(=O)NC1c1ccccc1C. The summed E-state index contributed by atoms with van der Waals surface area (Å²) in [5.74, 6) is -0.476. The van der Waals surface area contributed by atoms with Crippen molar-refractivity contribution in [3.8, 4) is 0 Å². The Labute approximate surface area is 216 Å². The number of aryl methyl sites for hydroxylation is 1. The van der Waals surface area contributed by atoms with Gasteiger partial charge in [-0.1, -0.05) is 35.9 Å². The summed E-state index contributed by atoms with van der Waals surface area (Å²) < 4.78 is 5.43. The number of esters is 1. The topological polar surface area (TPSA) is 82.2 Å². The van der Waals surface area contributed by atoms with Gasteiger partial charge in [0.1, 0.15) is 0 Å². The lowest BCUT2D eigenvalue weighted by atomic mass is 9.91. The number of piperazine rings is 1. The molecule has 2 aliphatic rings. The van der Waals surface area contributed by atoms with Gasteiger partial charge in [0.25, 0.3) is 5.91 Å². The lowest BCUT2D eigenvalue weighted by Gasteiger charge is -2.39. The zero-order chi connectivity index (χ0) is 25.8. The number of hydrogen-bond acceptors (Lipinski definition) is 5. The van der Waals surface area contributed by atoms with E-state index in [1.165, 1.54) is 4.90 Å². The largest absolute Gasteiger partial charge is 0.463 e. The Hall–Kier alpha value is -3.36. The van der Waals surface area contributed by atoms with Gasteiger partial charge in [-0.3, -0.25) is 14.6 Å². The number of likely N-dealkylation sites (N-methyl/N-ethyl adjacent to an activating group) is 1. The zero-order valence-electron chi connectivity index (χ0n) is 20.8. The highest BCUT2D eigenvalue weighted by Gasteiger charge is 2.38. The molecule has 1 saturated heterocycles. The quantitative estimate of drug-likeness (QED) is 0.600. The van der Waals surface area contributed by atoms with Crippen LogP contribution in [0.2, 0.25) is 5.02 Å². The van der Waals surface area contributed by atoms with Crippen LogP contribution in [0.4, 0.5) is 4.79 Å². The molecule has 2 aromatic rings. The maximum Gasteiger partial charge on any atom is 0.338 e. The molecular formula is C27H31ClN4O4. The number of rotatable bonds is 6. The molecule has 1 fully saturated rings. The molecule has 9 heteroatoms. The Morgan fingerprint density at radius 1 is 1.06 bits per heavy atom. The second-order valence-corrected chi connectivity index (χ2v) is 9.39. The van der Waals surface area contributed by atoms with Gasteiger partial charge in [0, 0.05) is 56.1 Å². The molecule has 36 heavy (non-hydrogen) atoms. The van der Waals surface area contributed by atoms with Crippen LogP contribution in [0.1, 0.15) is 34.5 Å². The maximum atomic E-state index is 13.2. The fraction of sp³-hybridized carbons (Fsp3) is 0.370. The van der Waals surface area contributed by atoms with Crippen LogP contribution >= 0.6 is 11.6 Å². The molecule has 0 radical (unpaired) electrons. The molecule has 190 valence electrons. The summed E-state index contributed by atoms with van der Waals surface area (Å²) >= 11 is 5.95. The molecule has 1 atom stereocenters. The van der Waals surface area contributed by atoms with Crippen LogP contribution in [-0.2, 0) is 9.53 Å². The first-order valence-electron chi connectivity index (χ1n) is 12.1. The van der Waals surface area contributed by atoms with Crippen molar-refractivity contribution in [3.05, 3.63) is 81.5 Å². The third-order valence-electron chi connectivity index (χ3n) is 6.70. The first-order valence-corrected chi connectivity index (χ1v) is 12.4. The lowest BCUT2D eigenvalue weighted by Crippen LogP contribution is -2.53. The van der Waals surface area contributed by atoms with E-state index in [9.17, 15) is 14.4 Å². The normalized spacial score (nSPS) is 18.8. The standard InChI is InChI=1S/C27H31ClN4O4/c1-4-36-26(34)23-22(30(3)27(35)29-24(23)21-8-6-5-7-18(21)2)17-31-13-15-32(16-14-31)25(33)19-9-11-20(28)12-10-19/h5-12,24H,4,13-17H2,1-3H3,(H,29,35). The Kier molecular flexibility index (Phi) is 7.96. The monoisotopic (exact) mass is 510 g/mol. The van der Waals surface area contributed by atoms with E-state index in [2.05, 4.69) is 10.2 Å². The predicted molar refractivity (Wildman–Crippen MR) is 138 cm³/mol. The summed E-state index contributed by atoms with van der Waals surface area (Å²) in [5, 5.41) is 3.56. The minimum atomic E-state index is -0.600. The number of carbonyl (C=O) groups is 3. The number of carbonyl (C=O) groups excluding carboxylic acids is 3. The van der Waals surface area contributed by atoms with E-state index in [4.69, 9.17) is 16.3 Å². The van der Waals surface area contributed by atoms with Crippen molar-refractivity contribution < 1.29 is 19.1 Å². The molecule has 2 aliphatic heterocycles. The molecule has 2 heterocycles. The van der Waals surface area contributed by atoms with Gasteiger partial charge >= 0.3 is 12.0 Å². The molecule has 0 saturated carbocycles. The number of urea groups is 1.